The molecule has 0 aliphatic carbocycles. The molecule has 0 unspecified atom stereocenters. The van der Waals surface area contributed by atoms with E-state index in [1.807, 2.05) is 24.4 Å². The fraction of sp³-hybridized carbons (Fsp3) is 0.500. The van der Waals surface area contributed by atoms with E-state index >= 15 is 0 Å². The molecular formula is C14H18N4OS. The normalized spacial score (nSPS) is 19.1. The molecule has 0 spiro atoms. The van der Waals surface area contributed by atoms with Gasteiger partial charge in [-0.3, -0.25) is 9.88 Å². The highest BCUT2D eigenvalue weighted by molar-refractivity contribution is 6.99. The summed E-state index contributed by atoms with van der Waals surface area (Å²) in [6.07, 6.45) is 5.80. The van der Waals surface area contributed by atoms with Crippen LogP contribution in [0.4, 0.5) is 0 Å². The molecule has 0 amide bonds. The Labute approximate surface area is 122 Å². The molecule has 0 saturated carbocycles. The minimum atomic E-state index is -0.620. The lowest BCUT2D eigenvalue weighted by molar-refractivity contribution is -0.0233. The van der Waals surface area contributed by atoms with Gasteiger partial charge in [0.1, 0.15) is 0 Å². The van der Waals surface area contributed by atoms with Gasteiger partial charge in [0.2, 0.25) is 0 Å². The van der Waals surface area contributed by atoms with Crippen molar-refractivity contribution in [3.8, 4) is 0 Å². The molecule has 2 aromatic heterocycles. The standard InChI is InChI=1S/C14H18N4OS/c19-14(9-12-3-1-2-6-15-12)4-7-18(8-5-14)11-13-10-16-20-17-13/h1-3,6,10,19H,4-5,7-9,11H2. The van der Waals surface area contributed by atoms with E-state index in [1.165, 1.54) is 11.7 Å². The van der Waals surface area contributed by atoms with Crippen LogP contribution in [0, 0.1) is 0 Å². The Morgan fingerprint density at radius 3 is 2.75 bits per heavy atom. The quantitative estimate of drug-likeness (QED) is 0.924. The number of likely N-dealkylation sites (tertiary alicyclic amines) is 1. The Balaban J connectivity index is 1.54. The fourth-order valence-corrected chi connectivity index (χ4v) is 3.05. The Bertz CT molecular complexity index is 523. The third kappa shape index (κ3) is 3.39. The van der Waals surface area contributed by atoms with Crippen LogP contribution in [0.25, 0.3) is 0 Å². The topological polar surface area (TPSA) is 62.1 Å². The number of rotatable bonds is 4. The van der Waals surface area contributed by atoms with Gasteiger partial charge < -0.3 is 5.11 Å². The molecule has 1 aliphatic rings. The molecule has 20 heavy (non-hydrogen) atoms. The summed E-state index contributed by atoms with van der Waals surface area (Å²) < 4.78 is 8.25. The van der Waals surface area contributed by atoms with E-state index in [1.54, 1.807) is 6.20 Å². The van der Waals surface area contributed by atoms with Gasteiger partial charge in [0, 0.05) is 37.9 Å². The molecule has 1 aliphatic heterocycles. The molecule has 0 aromatic carbocycles. The number of hydrogen-bond acceptors (Lipinski definition) is 6. The maximum absolute atomic E-state index is 10.7. The van der Waals surface area contributed by atoms with Gasteiger partial charge in [-0.15, -0.1) is 0 Å². The number of aliphatic hydroxyl groups is 1. The highest BCUT2D eigenvalue weighted by Gasteiger charge is 2.32. The predicted molar refractivity (Wildman–Crippen MR) is 77.3 cm³/mol. The third-order valence-electron chi connectivity index (χ3n) is 3.82. The van der Waals surface area contributed by atoms with Crippen molar-refractivity contribution in [2.24, 2.45) is 0 Å². The SMILES string of the molecule is OC1(Cc2ccccn2)CCN(Cc2cnsn2)CC1. The Morgan fingerprint density at radius 1 is 1.25 bits per heavy atom. The summed E-state index contributed by atoms with van der Waals surface area (Å²) in [6, 6.07) is 5.85. The second kappa shape index (κ2) is 5.95. The average molecular weight is 290 g/mol. The first-order valence-corrected chi connectivity index (χ1v) is 7.58. The summed E-state index contributed by atoms with van der Waals surface area (Å²) in [4.78, 5) is 6.63. The van der Waals surface area contributed by atoms with Crippen molar-refractivity contribution >= 4 is 11.7 Å². The number of pyridine rings is 1. The summed E-state index contributed by atoms with van der Waals surface area (Å²) in [5.74, 6) is 0. The van der Waals surface area contributed by atoms with Crippen molar-refractivity contribution in [3.05, 3.63) is 42.0 Å². The van der Waals surface area contributed by atoms with Crippen molar-refractivity contribution in [1.82, 2.24) is 18.6 Å². The molecule has 1 fully saturated rings. The Hall–Kier alpha value is -1.37. The number of hydrogen-bond donors (Lipinski definition) is 1. The maximum atomic E-state index is 10.7. The smallest absolute Gasteiger partial charge is 0.0883 e. The van der Waals surface area contributed by atoms with Crippen LogP contribution in [0.1, 0.15) is 24.2 Å². The highest BCUT2D eigenvalue weighted by Crippen LogP contribution is 2.26. The third-order valence-corrected chi connectivity index (χ3v) is 4.33. The molecule has 5 nitrogen and oxygen atoms in total. The molecule has 1 saturated heterocycles. The van der Waals surface area contributed by atoms with E-state index in [0.717, 1.165) is 43.9 Å². The molecule has 3 rings (SSSR count). The van der Waals surface area contributed by atoms with Crippen LogP contribution in [0.15, 0.2) is 30.6 Å². The van der Waals surface area contributed by atoms with Crippen LogP contribution in [0.2, 0.25) is 0 Å². The maximum Gasteiger partial charge on any atom is 0.0883 e. The van der Waals surface area contributed by atoms with Crippen LogP contribution < -0.4 is 0 Å². The van der Waals surface area contributed by atoms with Crippen molar-refractivity contribution in [2.75, 3.05) is 13.1 Å². The lowest BCUT2D eigenvalue weighted by Crippen LogP contribution is -2.45. The zero-order chi connectivity index (χ0) is 13.8. The first-order chi connectivity index (χ1) is 9.73. The molecule has 106 valence electrons. The number of aromatic nitrogens is 3. The molecule has 0 radical (unpaired) electrons. The van der Waals surface area contributed by atoms with Crippen molar-refractivity contribution in [3.63, 3.8) is 0 Å². The van der Waals surface area contributed by atoms with Gasteiger partial charge in [-0.1, -0.05) is 6.07 Å². The van der Waals surface area contributed by atoms with Gasteiger partial charge in [-0.05, 0) is 25.0 Å². The number of nitrogens with zero attached hydrogens (tertiary/aromatic N) is 4. The minimum absolute atomic E-state index is 0.620. The van der Waals surface area contributed by atoms with Crippen LogP contribution in [-0.2, 0) is 13.0 Å². The zero-order valence-corrected chi connectivity index (χ0v) is 12.1. The summed E-state index contributed by atoms with van der Waals surface area (Å²) in [5.41, 5.74) is 1.36. The van der Waals surface area contributed by atoms with E-state index in [-0.39, 0.29) is 0 Å². The van der Waals surface area contributed by atoms with Gasteiger partial charge in [0.05, 0.1) is 29.2 Å². The molecule has 1 N–H and O–H groups in total. The second-order valence-electron chi connectivity index (χ2n) is 5.40. The molecule has 3 heterocycles. The summed E-state index contributed by atoms with van der Waals surface area (Å²) in [7, 11) is 0. The lowest BCUT2D eigenvalue weighted by atomic mass is 9.87. The van der Waals surface area contributed by atoms with Gasteiger partial charge >= 0.3 is 0 Å². The van der Waals surface area contributed by atoms with Crippen LogP contribution in [0.3, 0.4) is 0 Å². The van der Waals surface area contributed by atoms with Crippen LogP contribution >= 0.6 is 11.7 Å². The van der Waals surface area contributed by atoms with E-state index in [9.17, 15) is 5.11 Å². The molecule has 2 aromatic rings. The van der Waals surface area contributed by atoms with Gasteiger partial charge in [-0.2, -0.15) is 8.75 Å². The van der Waals surface area contributed by atoms with Crippen LogP contribution in [0.5, 0.6) is 0 Å². The highest BCUT2D eigenvalue weighted by atomic mass is 32.1. The zero-order valence-electron chi connectivity index (χ0n) is 11.3. The fourth-order valence-electron chi connectivity index (χ4n) is 2.63. The Morgan fingerprint density at radius 2 is 2.10 bits per heavy atom. The number of piperidine rings is 1. The molecule has 0 bridgehead atoms. The molecule has 0 atom stereocenters. The summed E-state index contributed by atoms with van der Waals surface area (Å²) in [6.45, 7) is 2.61. The van der Waals surface area contributed by atoms with E-state index in [4.69, 9.17) is 0 Å². The Kier molecular flexibility index (Phi) is 4.05. The van der Waals surface area contributed by atoms with Gasteiger partial charge in [-0.25, -0.2) is 0 Å². The van der Waals surface area contributed by atoms with Gasteiger partial charge in [0.25, 0.3) is 0 Å². The first kappa shape index (κ1) is 13.6. The van der Waals surface area contributed by atoms with Crippen molar-refractivity contribution in [1.29, 1.82) is 0 Å². The van der Waals surface area contributed by atoms with Crippen molar-refractivity contribution < 1.29 is 5.11 Å². The predicted octanol–water partition coefficient (Wildman–Crippen LogP) is 1.50. The van der Waals surface area contributed by atoms with E-state index < -0.39 is 5.60 Å². The molecule has 6 heteroatoms. The average Bonchev–Trinajstić information content (AvgIpc) is 2.96. The minimum Gasteiger partial charge on any atom is -0.389 e. The monoisotopic (exact) mass is 290 g/mol. The van der Waals surface area contributed by atoms with Crippen molar-refractivity contribution in [2.45, 2.75) is 31.4 Å². The van der Waals surface area contributed by atoms with Crippen LogP contribution in [-0.4, -0.2) is 42.4 Å². The van der Waals surface area contributed by atoms with Gasteiger partial charge in [0.15, 0.2) is 0 Å². The summed E-state index contributed by atoms with van der Waals surface area (Å²) in [5, 5.41) is 10.7. The summed E-state index contributed by atoms with van der Waals surface area (Å²) >= 11 is 1.25. The molecular weight excluding hydrogens is 272 g/mol. The second-order valence-corrected chi connectivity index (χ2v) is 5.95. The first-order valence-electron chi connectivity index (χ1n) is 6.85. The van der Waals surface area contributed by atoms with E-state index in [0.29, 0.717) is 6.42 Å². The largest absolute Gasteiger partial charge is 0.389 e. The van der Waals surface area contributed by atoms with E-state index in [2.05, 4.69) is 18.6 Å². The lowest BCUT2D eigenvalue weighted by Gasteiger charge is -2.37.